The lowest BCUT2D eigenvalue weighted by Crippen LogP contribution is -2.41. The summed E-state index contributed by atoms with van der Waals surface area (Å²) in [6.45, 7) is 2.27. The molecule has 1 aliphatic rings. The molecule has 1 saturated heterocycles. The van der Waals surface area contributed by atoms with Gasteiger partial charge >= 0.3 is 0 Å². The molecule has 0 saturated carbocycles. The van der Waals surface area contributed by atoms with Crippen LogP contribution < -0.4 is 0 Å². The van der Waals surface area contributed by atoms with Crippen molar-refractivity contribution in [2.24, 2.45) is 5.92 Å². The van der Waals surface area contributed by atoms with Gasteiger partial charge in [0.15, 0.2) is 0 Å². The zero-order valence-corrected chi connectivity index (χ0v) is 9.52. The summed E-state index contributed by atoms with van der Waals surface area (Å²) in [5, 5.41) is 9.05. The highest BCUT2D eigenvalue weighted by atomic mass is 16.5. The monoisotopic (exact) mass is 225 g/mol. The first-order valence-electron chi connectivity index (χ1n) is 5.67. The molecule has 1 rings (SSSR count). The Morgan fingerprint density at radius 1 is 1.62 bits per heavy atom. The van der Waals surface area contributed by atoms with E-state index in [0.717, 1.165) is 19.4 Å². The standard InChI is InChI=1S/C12H19NO3/c1-2-7-16-8-5-12(15)13-6-3-4-11(9-13)10-14/h1,11,14H,3-10H2. The highest BCUT2D eigenvalue weighted by molar-refractivity contribution is 5.76. The predicted molar refractivity (Wildman–Crippen MR) is 60.7 cm³/mol. The number of aliphatic hydroxyl groups excluding tert-OH is 1. The zero-order chi connectivity index (χ0) is 11.8. The number of piperidine rings is 1. The van der Waals surface area contributed by atoms with Gasteiger partial charge in [0.1, 0.15) is 6.61 Å². The number of likely N-dealkylation sites (tertiary alicyclic amines) is 1. The molecule has 0 radical (unpaired) electrons. The number of amides is 1. The van der Waals surface area contributed by atoms with Gasteiger partial charge in [-0.25, -0.2) is 0 Å². The van der Waals surface area contributed by atoms with Gasteiger partial charge in [-0.05, 0) is 18.8 Å². The Morgan fingerprint density at radius 3 is 3.12 bits per heavy atom. The van der Waals surface area contributed by atoms with Crippen molar-refractivity contribution in [3.63, 3.8) is 0 Å². The average molecular weight is 225 g/mol. The molecule has 90 valence electrons. The summed E-state index contributed by atoms with van der Waals surface area (Å²) in [4.78, 5) is 13.5. The smallest absolute Gasteiger partial charge is 0.224 e. The van der Waals surface area contributed by atoms with Gasteiger partial charge < -0.3 is 14.7 Å². The molecule has 1 unspecified atom stereocenters. The third-order valence-electron chi connectivity index (χ3n) is 2.78. The molecule has 4 heteroatoms. The topological polar surface area (TPSA) is 49.8 Å². The molecule has 1 atom stereocenters. The average Bonchev–Trinajstić information content (AvgIpc) is 2.34. The Morgan fingerprint density at radius 2 is 2.44 bits per heavy atom. The van der Waals surface area contributed by atoms with Gasteiger partial charge in [-0.15, -0.1) is 6.42 Å². The van der Waals surface area contributed by atoms with Crippen LogP contribution in [0.1, 0.15) is 19.3 Å². The molecule has 0 aromatic carbocycles. The zero-order valence-electron chi connectivity index (χ0n) is 9.52. The molecule has 4 nitrogen and oxygen atoms in total. The Hall–Kier alpha value is -1.05. The number of carbonyl (C=O) groups excluding carboxylic acids is 1. The van der Waals surface area contributed by atoms with Crippen LogP contribution in [0.2, 0.25) is 0 Å². The van der Waals surface area contributed by atoms with Gasteiger partial charge in [0.25, 0.3) is 0 Å². The molecule has 1 fully saturated rings. The first-order valence-corrected chi connectivity index (χ1v) is 5.67. The van der Waals surface area contributed by atoms with Crippen molar-refractivity contribution >= 4 is 5.91 Å². The maximum absolute atomic E-state index is 11.7. The van der Waals surface area contributed by atoms with Gasteiger partial charge in [-0.3, -0.25) is 4.79 Å². The maximum Gasteiger partial charge on any atom is 0.224 e. The highest BCUT2D eigenvalue weighted by Gasteiger charge is 2.22. The third-order valence-corrected chi connectivity index (χ3v) is 2.78. The van der Waals surface area contributed by atoms with Crippen LogP contribution in [0.15, 0.2) is 0 Å². The van der Waals surface area contributed by atoms with E-state index in [1.165, 1.54) is 0 Å². The number of hydrogen-bond donors (Lipinski definition) is 1. The lowest BCUT2D eigenvalue weighted by molar-refractivity contribution is -0.134. The fourth-order valence-corrected chi connectivity index (χ4v) is 1.89. The fraction of sp³-hybridized carbons (Fsp3) is 0.750. The van der Waals surface area contributed by atoms with Gasteiger partial charge in [-0.1, -0.05) is 5.92 Å². The van der Waals surface area contributed by atoms with E-state index >= 15 is 0 Å². The van der Waals surface area contributed by atoms with E-state index in [1.54, 1.807) is 0 Å². The van der Waals surface area contributed by atoms with E-state index in [2.05, 4.69) is 5.92 Å². The minimum Gasteiger partial charge on any atom is -0.396 e. The summed E-state index contributed by atoms with van der Waals surface area (Å²) in [5.74, 6) is 2.69. The summed E-state index contributed by atoms with van der Waals surface area (Å²) in [7, 11) is 0. The number of nitrogens with zero attached hydrogens (tertiary/aromatic N) is 1. The molecule has 0 aromatic rings. The minimum absolute atomic E-state index is 0.0928. The largest absolute Gasteiger partial charge is 0.396 e. The van der Waals surface area contributed by atoms with Crippen LogP contribution in [0, 0.1) is 18.3 Å². The van der Waals surface area contributed by atoms with Crippen LogP contribution in [0.5, 0.6) is 0 Å². The van der Waals surface area contributed by atoms with Crippen molar-refractivity contribution in [1.29, 1.82) is 0 Å². The van der Waals surface area contributed by atoms with Gasteiger partial charge in [-0.2, -0.15) is 0 Å². The van der Waals surface area contributed by atoms with Gasteiger partial charge in [0.2, 0.25) is 5.91 Å². The van der Waals surface area contributed by atoms with Crippen molar-refractivity contribution in [3.8, 4) is 12.3 Å². The summed E-state index contributed by atoms with van der Waals surface area (Å²) < 4.78 is 5.06. The number of rotatable bonds is 5. The van der Waals surface area contributed by atoms with Crippen molar-refractivity contribution in [3.05, 3.63) is 0 Å². The number of carbonyl (C=O) groups is 1. The lowest BCUT2D eigenvalue weighted by atomic mass is 9.99. The number of terminal acetylenes is 1. The summed E-state index contributed by atoms with van der Waals surface area (Å²) >= 11 is 0. The first-order chi connectivity index (χ1) is 7.77. The van der Waals surface area contributed by atoms with Gasteiger partial charge in [0, 0.05) is 19.7 Å². The van der Waals surface area contributed by atoms with E-state index < -0.39 is 0 Å². The molecular weight excluding hydrogens is 206 g/mol. The minimum atomic E-state index is 0.0928. The number of hydrogen-bond acceptors (Lipinski definition) is 3. The molecule has 1 amide bonds. The van der Waals surface area contributed by atoms with Crippen LogP contribution in [-0.4, -0.2) is 48.8 Å². The van der Waals surface area contributed by atoms with Crippen LogP contribution in [0.25, 0.3) is 0 Å². The van der Waals surface area contributed by atoms with E-state index in [-0.39, 0.29) is 25.0 Å². The molecule has 1 aliphatic heterocycles. The number of aliphatic hydroxyl groups is 1. The summed E-state index contributed by atoms with van der Waals surface area (Å²) in [5.41, 5.74) is 0. The molecule has 16 heavy (non-hydrogen) atoms. The molecule has 1 heterocycles. The second kappa shape index (κ2) is 7.26. The Labute approximate surface area is 96.6 Å². The van der Waals surface area contributed by atoms with E-state index in [9.17, 15) is 4.79 Å². The Bertz CT molecular complexity index is 259. The lowest BCUT2D eigenvalue weighted by Gasteiger charge is -2.31. The second-order valence-corrected chi connectivity index (χ2v) is 4.04. The van der Waals surface area contributed by atoms with E-state index in [1.807, 2.05) is 4.90 Å². The molecule has 1 N–H and O–H groups in total. The van der Waals surface area contributed by atoms with Crippen LogP contribution in [0.3, 0.4) is 0 Å². The fourth-order valence-electron chi connectivity index (χ4n) is 1.89. The Kier molecular flexibility index (Phi) is 5.91. The van der Waals surface area contributed by atoms with Crippen molar-refractivity contribution < 1.29 is 14.6 Å². The van der Waals surface area contributed by atoms with Gasteiger partial charge in [0.05, 0.1) is 13.0 Å². The number of ether oxygens (including phenoxy) is 1. The van der Waals surface area contributed by atoms with Crippen molar-refractivity contribution in [2.45, 2.75) is 19.3 Å². The molecule has 0 aromatic heterocycles. The molecule has 0 aliphatic carbocycles. The van der Waals surface area contributed by atoms with Crippen LogP contribution in [-0.2, 0) is 9.53 Å². The molecule has 0 bridgehead atoms. The quantitative estimate of drug-likeness (QED) is 0.539. The molecular formula is C12H19NO3. The highest BCUT2D eigenvalue weighted by Crippen LogP contribution is 2.16. The predicted octanol–water partition coefficient (Wildman–Crippen LogP) is 0.257. The summed E-state index contributed by atoms with van der Waals surface area (Å²) in [6, 6.07) is 0. The first kappa shape index (κ1) is 13.0. The van der Waals surface area contributed by atoms with Crippen molar-refractivity contribution in [2.75, 3.05) is 32.9 Å². The van der Waals surface area contributed by atoms with E-state index in [4.69, 9.17) is 16.3 Å². The Balaban J connectivity index is 2.22. The SMILES string of the molecule is C#CCOCCC(=O)N1CCCC(CO)C1. The van der Waals surface area contributed by atoms with Crippen LogP contribution >= 0.6 is 0 Å². The van der Waals surface area contributed by atoms with Crippen molar-refractivity contribution in [1.82, 2.24) is 4.90 Å². The maximum atomic E-state index is 11.7. The third kappa shape index (κ3) is 4.21. The summed E-state index contributed by atoms with van der Waals surface area (Å²) in [6.07, 6.45) is 7.38. The van der Waals surface area contributed by atoms with E-state index in [0.29, 0.717) is 19.6 Å². The molecule has 0 spiro atoms. The normalized spacial score (nSPS) is 20.5. The second-order valence-electron chi connectivity index (χ2n) is 4.04. The van der Waals surface area contributed by atoms with Crippen LogP contribution in [0.4, 0.5) is 0 Å².